The van der Waals surface area contributed by atoms with E-state index in [2.05, 4.69) is 21.7 Å². The number of hydrogen-bond acceptors (Lipinski definition) is 5. The maximum atomic E-state index is 12.6. The van der Waals surface area contributed by atoms with Gasteiger partial charge in [0.2, 0.25) is 0 Å². The Morgan fingerprint density at radius 3 is 2.82 bits per heavy atom. The molecule has 0 fully saturated rings. The fraction of sp³-hybridized carbons (Fsp3) is 0.318. The smallest absolute Gasteiger partial charge is 0.339 e. The molecule has 0 saturated carbocycles. The molecular weight excluding hydrogens is 354 g/mol. The van der Waals surface area contributed by atoms with Crippen LogP contribution >= 0.6 is 0 Å². The lowest BCUT2D eigenvalue weighted by Gasteiger charge is -2.14. The molecule has 0 unspecified atom stereocenters. The zero-order valence-electron chi connectivity index (χ0n) is 16.0. The number of nitrogens with zero attached hydrogens (tertiary/aromatic N) is 1. The lowest BCUT2D eigenvalue weighted by atomic mass is 9.97. The van der Waals surface area contributed by atoms with Gasteiger partial charge in [0.1, 0.15) is 0 Å². The number of para-hydroxylation sites is 1. The number of rotatable bonds is 7. The third-order valence-corrected chi connectivity index (χ3v) is 4.74. The predicted molar refractivity (Wildman–Crippen MR) is 110 cm³/mol. The van der Waals surface area contributed by atoms with Crippen molar-refractivity contribution in [1.82, 2.24) is 4.98 Å². The molecule has 6 nitrogen and oxygen atoms in total. The van der Waals surface area contributed by atoms with Crippen LogP contribution in [0.25, 0.3) is 0 Å². The molecule has 1 heterocycles. The van der Waals surface area contributed by atoms with Crippen molar-refractivity contribution >= 4 is 23.3 Å². The van der Waals surface area contributed by atoms with Crippen LogP contribution in [0.4, 0.5) is 11.4 Å². The molecule has 2 aromatic rings. The maximum Gasteiger partial charge on any atom is 0.339 e. The van der Waals surface area contributed by atoms with Crippen molar-refractivity contribution in [2.75, 3.05) is 24.3 Å². The van der Waals surface area contributed by atoms with Crippen LogP contribution in [0.3, 0.4) is 0 Å². The summed E-state index contributed by atoms with van der Waals surface area (Å²) >= 11 is 0. The molecular formula is C22H25N3O3. The van der Waals surface area contributed by atoms with E-state index in [0.29, 0.717) is 16.8 Å². The summed E-state index contributed by atoms with van der Waals surface area (Å²) in [5, 5.41) is 6.09. The van der Waals surface area contributed by atoms with Crippen LogP contribution in [0.5, 0.6) is 0 Å². The quantitative estimate of drug-likeness (QED) is 0.550. The molecule has 6 heteroatoms. The van der Waals surface area contributed by atoms with Crippen LogP contribution in [0, 0.1) is 0 Å². The molecule has 0 aliphatic heterocycles. The van der Waals surface area contributed by atoms with Gasteiger partial charge in [-0.2, -0.15) is 0 Å². The van der Waals surface area contributed by atoms with E-state index >= 15 is 0 Å². The molecule has 1 aliphatic carbocycles. The van der Waals surface area contributed by atoms with E-state index in [4.69, 9.17) is 4.74 Å². The summed E-state index contributed by atoms with van der Waals surface area (Å²) in [7, 11) is 1.31. The number of esters is 1. The Morgan fingerprint density at radius 2 is 2.04 bits per heavy atom. The van der Waals surface area contributed by atoms with Gasteiger partial charge in [-0.3, -0.25) is 9.78 Å². The van der Waals surface area contributed by atoms with Gasteiger partial charge in [-0.05, 0) is 50.3 Å². The summed E-state index contributed by atoms with van der Waals surface area (Å²) in [6.07, 6.45) is 11.5. The summed E-state index contributed by atoms with van der Waals surface area (Å²) in [6.45, 7) is 0.809. The number of hydrogen-bond donors (Lipinski definition) is 2. The van der Waals surface area contributed by atoms with Crippen molar-refractivity contribution in [1.29, 1.82) is 0 Å². The summed E-state index contributed by atoms with van der Waals surface area (Å²) in [5.41, 5.74) is 3.43. The van der Waals surface area contributed by atoms with Crippen molar-refractivity contribution < 1.29 is 14.3 Å². The van der Waals surface area contributed by atoms with Crippen LogP contribution in [-0.4, -0.2) is 30.5 Å². The second kappa shape index (κ2) is 9.69. The number of carbonyl (C=O) groups is 2. The van der Waals surface area contributed by atoms with Gasteiger partial charge in [-0.25, -0.2) is 4.79 Å². The first-order valence-corrected chi connectivity index (χ1v) is 9.53. The number of amides is 1. The molecule has 0 saturated heterocycles. The number of anilines is 2. The monoisotopic (exact) mass is 379 g/mol. The number of nitrogens with one attached hydrogen (secondary N) is 2. The molecule has 3 rings (SSSR count). The maximum absolute atomic E-state index is 12.6. The first kappa shape index (κ1) is 19.6. The normalized spacial score (nSPS) is 13.4. The Hall–Kier alpha value is -3.15. The van der Waals surface area contributed by atoms with Crippen molar-refractivity contribution in [2.24, 2.45) is 0 Å². The van der Waals surface area contributed by atoms with Gasteiger partial charge < -0.3 is 15.4 Å². The van der Waals surface area contributed by atoms with E-state index in [1.54, 1.807) is 36.5 Å². The molecule has 2 N–H and O–H groups in total. The van der Waals surface area contributed by atoms with Gasteiger partial charge in [-0.15, -0.1) is 0 Å². The molecule has 0 radical (unpaired) electrons. The van der Waals surface area contributed by atoms with E-state index in [0.717, 1.165) is 18.7 Å². The second-order valence-corrected chi connectivity index (χ2v) is 6.74. The number of pyridine rings is 1. The summed E-state index contributed by atoms with van der Waals surface area (Å²) in [4.78, 5) is 28.6. The Kier molecular flexibility index (Phi) is 6.78. The molecule has 0 bridgehead atoms. The molecule has 1 aromatic carbocycles. The Bertz CT molecular complexity index is 877. The van der Waals surface area contributed by atoms with Crippen LogP contribution in [-0.2, 0) is 4.74 Å². The van der Waals surface area contributed by atoms with E-state index in [1.165, 1.54) is 44.6 Å². The largest absolute Gasteiger partial charge is 0.465 e. The average molecular weight is 379 g/mol. The van der Waals surface area contributed by atoms with Crippen molar-refractivity contribution in [3.8, 4) is 0 Å². The molecule has 28 heavy (non-hydrogen) atoms. The number of methoxy groups -OCH3 is 1. The Labute approximate surface area is 165 Å². The highest BCUT2D eigenvalue weighted by atomic mass is 16.5. The van der Waals surface area contributed by atoms with Gasteiger partial charge in [-0.1, -0.05) is 23.8 Å². The minimum atomic E-state index is -0.499. The number of benzene rings is 1. The first-order valence-electron chi connectivity index (χ1n) is 9.53. The van der Waals surface area contributed by atoms with Crippen molar-refractivity contribution in [2.45, 2.75) is 32.1 Å². The van der Waals surface area contributed by atoms with E-state index < -0.39 is 5.97 Å². The van der Waals surface area contributed by atoms with E-state index in [9.17, 15) is 9.59 Å². The number of carbonyl (C=O) groups excluding carboxylic acids is 2. The lowest BCUT2D eigenvalue weighted by Crippen LogP contribution is -2.16. The zero-order chi connectivity index (χ0) is 19.8. The lowest BCUT2D eigenvalue weighted by molar-refractivity contribution is 0.0602. The first-order chi connectivity index (χ1) is 13.7. The number of allylic oxidation sites excluding steroid dienone is 1. The summed E-state index contributed by atoms with van der Waals surface area (Å²) in [5.74, 6) is -0.830. The van der Waals surface area contributed by atoms with Gasteiger partial charge in [0.15, 0.2) is 0 Å². The third-order valence-electron chi connectivity index (χ3n) is 4.74. The fourth-order valence-electron chi connectivity index (χ4n) is 3.23. The van der Waals surface area contributed by atoms with Crippen LogP contribution in [0.2, 0.25) is 0 Å². The number of ether oxygens (including phenoxy) is 1. The highest BCUT2D eigenvalue weighted by Crippen LogP contribution is 2.21. The molecule has 0 spiro atoms. The van der Waals surface area contributed by atoms with Crippen molar-refractivity contribution in [3.05, 3.63) is 65.5 Å². The van der Waals surface area contributed by atoms with Gasteiger partial charge >= 0.3 is 5.97 Å². The minimum Gasteiger partial charge on any atom is -0.465 e. The summed E-state index contributed by atoms with van der Waals surface area (Å²) in [6, 6.07) is 8.50. The second-order valence-electron chi connectivity index (χ2n) is 6.74. The Balaban J connectivity index is 1.62. The van der Waals surface area contributed by atoms with Crippen LogP contribution in [0.1, 0.15) is 52.8 Å². The minimum absolute atomic E-state index is 0.307. The molecule has 0 atom stereocenters. The van der Waals surface area contributed by atoms with E-state index in [1.807, 2.05) is 0 Å². The third kappa shape index (κ3) is 5.19. The number of aromatic nitrogens is 1. The zero-order valence-corrected chi connectivity index (χ0v) is 16.0. The predicted octanol–water partition coefficient (Wildman–Crippen LogP) is 4.42. The molecule has 1 amide bonds. The van der Waals surface area contributed by atoms with Crippen LogP contribution < -0.4 is 10.6 Å². The SMILES string of the molecule is COC(=O)c1ccccc1NC(=O)c1cncc(NCCC2=CCCCC2)c1. The van der Waals surface area contributed by atoms with Gasteiger partial charge in [0, 0.05) is 18.9 Å². The summed E-state index contributed by atoms with van der Waals surface area (Å²) < 4.78 is 4.76. The molecule has 1 aliphatic rings. The highest BCUT2D eigenvalue weighted by Gasteiger charge is 2.14. The highest BCUT2D eigenvalue weighted by molar-refractivity contribution is 6.08. The molecule has 1 aromatic heterocycles. The fourth-order valence-corrected chi connectivity index (χ4v) is 3.23. The molecule has 146 valence electrons. The Morgan fingerprint density at radius 1 is 1.18 bits per heavy atom. The van der Waals surface area contributed by atoms with Crippen LogP contribution in [0.15, 0.2) is 54.4 Å². The van der Waals surface area contributed by atoms with Gasteiger partial charge in [0.25, 0.3) is 5.91 Å². The van der Waals surface area contributed by atoms with E-state index in [-0.39, 0.29) is 5.91 Å². The van der Waals surface area contributed by atoms with Gasteiger partial charge in [0.05, 0.1) is 29.6 Å². The standard InChI is InChI=1S/C22H25N3O3/c1-28-22(27)19-9-5-6-10-20(19)25-21(26)17-13-18(15-23-14-17)24-12-11-16-7-3-2-4-8-16/h5-7,9-10,13-15,24H,2-4,8,11-12H2,1H3,(H,25,26). The van der Waals surface area contributed by atoms with Crippen molar-refractivity contribution in [3.63, 3.8) is 0 Å². The topological polar surface area (TPSA) is 80.3 Å². The average Bonchev–Trinajstić information content (AvgIpc) is 2.74.